The lowest BCUT2D eigenvalue weighted by molar-refractivity contribution is 0.0961. The Morgan fingerprint density at radius 1 is 1.14 bits per heavy atom. The van der Waals surface area contributed by atoms with E-state index in [1.54, 1.807) is 24.3 Å². The van der Waals surface area contributed by atoms with E-state index in [2.05, 4.69) is 31.5 Å². The molecule has 2 N–H and O–H groups in total. The summed E-state index contributed by atoms with van der Waals surface area (Å²) < 4.78 is 0.556. The number of rotatable bonds is 3. The normalized spacial score (nSPS) is 10.0. The Morgan fingerprint density at radius 2 is 1.86 bits per heavy atom. The molecule has 0 saturated heterocycles. The first-order valence-corrected chi connectivity index (χ1v) is 7.13. The van der Waals surface area contributed by atoms with E-state index < -0.39 is 0 Å². The molecule has 0 aliphatic carbocycles. The number of pyridine rings is 1. The van der Waals surface area contributed by atoms with Gasteiger partial charge >= 0.3 is 0 Å². The van der Waals surface area contributed by atoms with Crippen molar-refractivity contribution < 1.29 is 9.59 Å². The summed E-state index contributed by atoms with van der Waals surface area (Å²) >= 11 is 9.24. The zero-order chi connectivity index (χ0) is 15.4. The molecule has 21 heavy (non-hydrogen) atoms. The van der Waals surface area contributed by atoms with Crippen molar-refractivity contribution >= 4 is 45.0 Å². The van der Waals surface area contributed by atoms with Gasteiger partial charge in [0.25, 0.3) is 11.8 Å². The predicted molar refractivity (Wildman–Crippen MR) is 84.7 cm³/mol. The number of carbonyl (C=O) groups is 2. The molecule has 7 heteroatoms. The van der Waals surface area contributed by atoms with E-state index in [0.29, 0.717) is 26.4 Å². The number of nitrogens with one attached hydrogen (secondary N) is 2. The SMILES string of the molecule is CNC(=O)c1ccc(Cl)c(NC(=O)c2ccnc(Br)c2)c1. The van der Waals surface area contributed by atoms with Crippen molar-refractivity contribution in [3.63, 3.8) is 0 Å². The average Bonchev–Trinajstić information content (AvgIpc) is 2.48. The van der Waals surface area contributed by atoms with Gasteiger partial charge in [-0.05, 0) is 46.3 Å². The van der Waals surface area contributed by atoms with E-state index in [1.165, 1.54) is 19.3 Å². The van der Waals surface area contributed by atoms with E-state index in [0.717, 1.165) is 0 Å². The van der Waals surface area contributed by atoms with E-state index >= 15 is 0 Å². The third kappa shape index (κ3) is 3.80. The van der Waals surface area contributed by atoms with E-state index in [-0.39, 0.29) is 11.8 Å². The Morgan fingerprint density at radius 3 is 2.52 bits per heavy atom. The second kappa shape index (κ2) is 6.69. The maximum Gasteiger partial charge on any atom is 0.255 e. The molecule has 108 valence electrons. The van der Waals surface area contributed by atoms with Crippen molar-refractivity contribution in [2.45, 2.75) is 0 Å². The highest BCUT2D eigenvalue weighted by atomic mass is 79.9. The zero-order valence-electron chi connectivity index (χ0n) is 11.0. The van der Waals surface area contributed by atoms with Crippen LogP contribution in [0.1, 0.15) is 20.7 Å². The van der Waals surface area contributed by atoms with Crippen molar-refractivity contribution in [1.29, 1.82) is 0 Å². The summed E-state index contributed by atoms with van der Waals surface area (Å²) in [6.45, 7) is 0. The molecule has 2 amide bonds. The van der Waals surface area contributed by atoms with Gasteiger partial charge in [0.05, 0.1) is 10.7 Å². The first-order valence-electron chi connectivity index (χ1n) is 5.96. The lowest BCUT2D eigenvalue weighted by Crippen LogP contribution is -2.18. The molecule has 0 bridgehead atoms. The molecule has 1 aromatic carbocycles. The highest BCUT2D eigenvalue weighted by Crippen LogP contribution is 2.24. The van der Waals surface area contributed by atoms with Crippen LogP contribution in [0.15, 0.2) is 41.1 Å². The van der Waals surface area contributed by atoms with Gasteiger partial charge in [-0.15, -0.1) is 0 Å². The summed E-state index contributed by atoms with van der Waals surface area (Å²) in [7, 11) is 1.53. The summed E-state index contributed by atoms with van der Waals surface area (Å²) in [6, 6.07) is 7.84. The van der Waals surface area contributed by atoms with Crippen molar-refractivity contribution in [1.82, 2.24) is 10.3 Å². The van der Waals surface area contributed by atoms with Crippen molar-refractivity contribution in [2.24, 2.45) is 0 Å². The summed E-state index contributed by atoms with van der Waals surface area (Å²) in [5, 5.41) is 5.54. The van der Waals surface area contributed by atoms with Gasteiger partial charge in [0, 0.05) is 24.4 Å². The van der Waals surface area contributed by atoms with Crippen LogP contribution in [0.4, 0.5) is 5.69 Å². The highest BCUT2D eigenvalue weighted by Gasteiger charge is 2.12. The minimum Gasteiger partial charge on any atom is -0.355 e. The van der Waals surface area contributed by atoms with Crippen LogP contribution in [0.25, 0.3) is 0 Å². The topological polar surface area (TPSA) is 71.1 Å². The van der Waals surface area contributed by atoms with Crippen LogP contribution >= 0.6 is 27.5 Å². The lowest BCUT2D eigenvalue weighted by Gasteiger charge is -2.09. The monoisotopic (exact) mass is 367 g/mol. The van der Waals surface area contributed by atoms with Crippen molar-refractivity contribution in [2.75, 3.05) is 12.4 Å². The molecule has 2 rings (SSSR count). The second-order valence-electron chi connectivity index (χ2n) is 4.10. The van der Waals surface area contributed by atoms with Gasteiger partial charge in [0.1, 0.15) is 4.60 Å². The maximum atomic E-state index is 12.2. The quantitative estimate of drug-likeness (QED) is 0.818. The van der Waals surface area contributed by atoms with Crippen LogP contribution in [0.3, 0.4) is 0 Å². The van der Waals surface area contributed by atoms with Crippen LogP contribution in [0.5, 0.6) is 0 Å². The average molecular weight is 369 g/mol. The largest absolute Gasteiger partial charge is 0.355 e. The summed E-state index contributed by atoms with van der Waals surface area (Å²) in [5.74, 6) is -0.595. The first kappa shape index (κ1) is 15.5. The fourth-order valence-electron chi connectivity index (χ4n) is 1.64. The molecule has 0 unspecified atom stereocenters. The number of amides is 2. The molecule has 0 aliphatic rings. The van der Waals surface area contributed by atoms with E-state index in [9.17, 15) is 9.59 Å². The smallest absolute Gasteiger partial charge is 0.255 e. The standard InChI is InChI=1S/C14H11BrClN3O2/c1-17-13(20)8-2-3-10(16)11(6-8)19-14(21)9-4-5-18-12(15)7-9/h2-7H,1H3,(H,17,20)(H,19,21). The number of benzene rings is 1. The second-order valence-corrected chi connectivity index (χ2v) is 5.31. The molecule has 1 aromatic heterocycles. The van der Waals surface area contributed by atoms with Crippen molar-refractivity contribution in [3.05, 3.63) is 57.3 Å². The molecule has 0 fully saturated rings. The minimum atomic E-state index is -0.339. The van der Waals surface area contributed by atoms with E-state index in [1.807, 2.05) is 0 Å². The molecule has 0 atom stereocenters. The number of aromatic nitrogens is 1. The van der Waals surface area contributed by atoms with Gasteiger partial charge in [-0.1, -0.05) is 11.6 Å². The lowest BCUT2D eigenvalue weighted by atomic mass is 10.1. The first-order chi connectivity index (χ1) is 10.0. The van der Waals surface area contributed by atoms with Gasteiger partial charge in [-0.3, -0.25) is 9.59 Å². The Kier molecular flexibility index (Phi) is 4.93. The molecule has 0 saturated carbocycles. The Hall–Kier alpha value is -1.92. The Bertz CT molecular complexity index is 706. The van der Waals surface area contributed by atoms with Gasteiger partial charge in [0.15, 0.2) is 0 Å². The van der Waals surface area contributed by atoms with Crippen LogP contribution in [0, 0.1) is 0 Å². The van der Waals surface area contributed by atoms with Crippen LogP contribution in [-0.2, 0) is 0 Å². The summed E-state index contributed by atoms with van der Waals surface area (Å²) in [5.41, 5.74) is 1.21. The minimum absolute atomic E-state index is 0.256. The zero-order valence-corrected chi connectivity index (χ0v) is 13.3. The van der Waals surface area contributed by atoms with Gasteiger partial charge in [0.2, 0.25) is 0 Å². The molecular formula is C14H11BrClN3O2. The van der Waals surface area contributed by atoms with Gasteiger partial charge < -0.3 is 10.6 Å². The number of hydrogen-bond donors (Lipinski definition) is 2. The van der Waals surface area contributed by atoms with Gasteiger partial charge in [-0.25, -0.2) is 4.98 Å². The Labute approximate surface area is 134 Å². The highest BCUT2D eigenvalue weighted by molar-refractivity contribution is 9.10. The molecule has 0 radical (unpaired) electrons. The molecule has 0 spiro atoms. The molecule has 1 heterocycles. The van der Waals surface area contributed by atoms with E-state index in [4.69, 9.17) is 11.6 Å². The molecular weight excluding hydrogens is 358 g/mol. The number of hydrogen-bond acceptors (Lipinski definition) is 3. The third-order valence-electron chi connectivity index (χ3n) is 2.69. The van der Waals surface area contributed by atoms with Crippen LogP contribution in [0.2, 0.25) is 5.02 Å². The molecule has 2 aromatic rings. The fraction of sp³-hybridized carbons (Fsp3) is 0.0714. The predicted octanol–water partition coefficient (Wildman–Crippen LogP) is 3.11. The van der Waals surface area contributed by atoms with Crippen LogP contribution in [-0.4, -0.2) is 23.8 Å². The Balaban J connectivity index is 2.26. The molecule has 5 nitrogen and oxygen atoms in total. The summed E-state index contributed by atoms with van der Waals surface area (Å²) in [6.07, 6.45) is 1.52. The number of nitrogens with zero attached hydrogens (tertiary/aromatic N) is 1. The number of halogens is 2. The molecule has 0 aliphatic heterocycles. The maximum absolute atomic E-state index is 12.2. The number of carbonyl (C=O) groups excluding carboxylic acids is 2. The van der Waals surface area contributed by atoms with Crippen molar-refractivity contribution in [3.8, 4) is 0 Å². The number of anilines is 1. The summed E-state index contributed by atoms with van der Waals surface area (Å²) in [4.78, 5) is 27.7. The third-order valence-corrected chi connectivity index (χ3v) is 3.46. The van der Waals surface area contributed by atoms with Crippen LogP contribution < -0.4 is 10.6 Å². The fourth-order valence-corrected chi connectivity index (χ4v) is 2.17. The van der Waals surface area contributed by atoms with Gasteiger partial charge in [-0.2, -0.15) is 0 Å².